The first-order valence-electron chi connectivity index (χ1n) is 6.32. The van der Waals surface area contributed by atoms with E-state index in [4.69, 9.17) is 4.74 Å². The number of para-hydroxylation sites is 1. The number of benzene rings is 1. The lowest BCUT2D eigenvalue weighted by Gasteiger charge is -2.26. The number of carbonyl (C=O) groups is 1. The summed E-state index contributed by atoms with van der Waals surface area (Å²) < 4.78 is 5.57. The van der Waals surface area contributed by atoms with Gasteiger partial charge in [0, 0.05) is 24.6 Å². The summed E-state index contributed by atoms with van der Waals surface area (Å²) in [5.74, 6) is 0.988. The molecule has 0 N–H and O–H groups in total. The topological polar surface area (TPSA) is 29.5 Å². The van der Waals surface area contributed by atoms with Gasteiger partial charge in [0.15, 0.2) is 0 Å². The molecule has 0 aromatic heterocycles. The molecule has 0 atom stereocenters. The normalized spacial score (nSPS) is 11.2. The van der Waals surface area contributed by atoms with Gasteiger partial charge in [0.25, 0.3) is 0 Å². The van der Waals surface area contributed by atoms with E-state index < -0.39 is 0 Å². The summed E-state index contributed by atoms with van der Waals surface area (Å²) in [6.45, 7) is 8.96. The first-order valence-corrected chi connectivity index (χ1v) is 6.32. The molecule has 0 aliphatic heterocycles. The number of ether oxygens (including phenoxy) is 1. The zero-order chi connectivity index (χ0) is 13.8. The van der Waals surface area contributed by atoms with Gasteiger partial charge in [-0.1, -0.05) is 39.0 Å². The highest BCUT2D eigenvalue weighted by Crippen LogP contribution is 2.22. The Morgan fingerprint density at radius 3 is 2.44 bits per heavy atom. The lowest BCUT2D eigenvalue weighted by Crippen LogP contribution is -2.36. The van der Waals surface area contributed by atoms with Crippen molar-refractivity contribution in [3.8, 4) is 5.75 Å². The predicted octanol–water partition coefficient (Wildman–Crippen LogP) is 3.09. The van der Waals surface area contributed by atoms with Gasteiger partial charge in [0.1, 0.15) is 5.75 Å². The van der Waals surface area contributed by atoms with Gasteiger partial charge in [-0.05, 0) is 13.0 Å². The zero-order valence-electron chi connectivity index (χ0n) is 12.0. The van der Waals surface area contributed by atoms with Crippen molar-refractivity contribution in [3.63, 3.8) is 0 Å². The van der Waals surface area contributed by atoms with Crippen molar-refractivity contribution in [1.82, 2.24) is 4.90 Å². The van der Waals surface area contributed by atoms with Gasteiger partial charge in [-0.2, -0.15) is 0 Å². The molecule has 0 aliphatic rings. The van der Waals surface area contributed by atoms with Crippen molar-refractivity contribution < 1.29 is 9.53 Å². The van der Waals surface area contributed by atoms with E-state index in [9.17, 15) is 4.79 Å². The predicted molar refractivity (Wildman–Crippen MR) is 73.5 cm³/mol. The lowest BCUT2D eigenvalue weighted by atomic mass is 9.95. The molecule has 1 amide bonds. The maximum Gasteiger partial charge on any atom is 0.227 e. The molecule has 3 heteroatoms. The third-order valence-corrected chi connectivity index (χ3v) is 2.67. The number of carbonyl (C=O) groups excluding carboxylic acids is 1. The summed E-state index contributed by atoms with van der Waals surface area (Å²) in [5.41, 5.74) is 0.689. The molecule has 0 fully saturated rings. The first-order chi connectivity index (χ1) is 8.36. The van der Waals surface area contributed by atoms with Crippen molar-refractivity contribution in [1.29, 1.82) is 0 Å². The number of amides is 1. The molecule has 1 aromatic rings. The van der Waals surface area contributed by atoms with Crippen LogP contribution in [0.5, 0.6) is 5.75 Å². The molecule has 0 heterocycles. The second-order valence-corrected chi connectivity index (χ2v) is 5.45. The van der Waals surface area contributed by atoms with Crippen LogP contribution < -0.4 is 4.74 Å². The fourth-order valence-corrected chi connectivity index (χ4v) is 1.83. The molecule has 1 aromatic carbocycles. The maximum absolute atomic E-state index is 12.1. The van der Waals surface area contributed by atoms with Crippen LogP contribution in [-0.4, -0.2) is 24.5 Å². The minimum atomic E-state index is -0.352. The van der Waals surface area contributed by atoms with Crippen LogP contribution in [-0.2, 0) is 11.3 Å². The number of rotatable bonds is 4. The third-order valence-electron chi connectivity index (χ3n) is 2.67. The van der Waals surface area contributed by atoms with E-state index >= 15 is 0 Å². The smallest absolute Gasteiger partial charge is 0.227 e. The van der Waals surface area contributed by atoms with Gasteiger partial charge >= 0.3 is 0 Å². The van der Waals surface area contributed by atoms with E-state index in [0.29, 0.717) is 13.2 Å². The van der Waals surface area contributed by atoms with Gasteiger partial charge in [-0.3, -0.25) is 4.79 Å². The fourth-order valence-electron chi connectivity index (χ4n) is 1.83. The van der Waals surface area contributed by atoms with E-state index in [1.807, 2.05) is 59.0 Å². The molecular formula is C15H23NO2. The molecule has 1 rings (SSSR count). The monoisotopic (exact) mass is 249 g/mol. The fraction of sp³-hybridized carbons (Fsp3) is 0.533. The highest BCUT2D eigenvalue weighted by atomic mass is 16.5. The lowest BCUT2D eigenvalue weighted by molar-refractivity contribution is -0.138. The Hall–Kier alpha value is -1.51. The highest BCUT2D eigenvalue weighted by Gasteiger charge is 2.25. The Bertz CT molecular complexity index is 407. The van der Waals surface area contributed by atoms with Crippen LogP contribution in [0.1, 0.15) is 33.3 Å². The van der Waals surface area contributed by atoms with Crippen molar-refractivity contribution in [2.24, 2.45) is 5.41 Å². The second kappa shape index (κ2) is 5.89. The summed E-state index contributed by atoms with van der Waals surface area (Å²) in [6.07, 6.45) is 0. The standard InChI is InChI=1S/C15H23NO2/c1-6-18-13-10-8-7-9-12(13)11-16(5)14(17)15(2,3)4/h7-10H,6,11H2,1-5H3. The average molecular weight is 249 g/mol. The van der Waals surface area contributed by atoms with Crippen molar-refractivity contribution in [2.75, 3.05) is 13.7 Å². The van der Waals surface area contributed by atoms with Gasteiger partial charge in [-0.15, -0.1) is 0 Å². The molecule has 0 spiro atoms. The Balaban J connectivity index is 2.81. The molecule has 0 unspecified atom stereocenters. The van der Waals surface area contributed by atoms with Crippen LogP contribution in [0.4, 0.5) is 0 Å². The van der Waals surface area contributed by atoms with Crippen molar-refractivity contribution in [2.45, 2.75) is 34.2 Å². The molecule has 100 valence electrons. The highest BCUT2D eigenvalue weighted by molar-refractivity contribution is 5.81. The SMILES string of the molecule is CCOc1ccccc1CN(C)C(=O)C(C)(C)C. The van der Waals surface area contributed by atoms with Gasteiger partial charge in [0.05, 0.1) is 6.61 Å². The number of hydrogen-bond donors (Lipinski definition) is 0. The number of hydrogen-bond acceptors (Lipinski definition) is 2. The van der Waals surface area contributed by atoms with E-state index in [2.05, 4.69) is 0 Å². The molecule has 0 aliphatic carbocycles. The van der Waals surface area contributed by atoms with Crippen molar-refractivity contribution >= 4 is 5.91 Å². The minimum Gasteiger partial charge on any atom is -0.494 e. The van der Waals surface area contributed by atoms with Crippen LogP contribution in [0.3, 0.4) is 0 Å². The molecular weight excluding hydrogens is 226 g/mol. The molecule has 18 heavy (non-hydrogen) atoms. The van der Waals surface area contributed by atoms with E-state index in [1.165, 1.54) is 0 Å². The Labute approximate surface area is 110 Å². The first kappa shape index (κ1) is 14.6. The molecule has 0 radical (unpaired) electrons. The van der Waals surface area contributed by atoms with Crippen LogP contribution in [0.15, 0.2) is 24.3 Å². The third kappa shape index (κ3) is 3.76. The largest absolute Gasteiger partial charge is 0.494 e. The van der Waals surface area contributed by atoms with Crippen LogP contribution >= 0.6 is 0 Å². The van der Waals surface area contributed by atoms with E-state index in [-0.39, 0.29) is 11.3 Å². The molecule has 0 bridgehead atoms. The van der Waals surface area contributed by atoms with E-state index in [0.717, 1.165) is 11.3 Å². The Morgan fingerprint density at radius 2 is 1.89 bits per heavy atom. The summed E-state index contributed by atoms with van der Waals surface area (Å²) >= 11 is 0. The van der Waals surface area contributed by atoms with Crippen LogP contribution in [0, 0.1) is 5.41 Å². The molecule has 0 saturated heterocycles. The Morgan fingerprint density at radius 1 is 1.28 bits per heavy atom. The van der Waals surface area contributed by atoms with Crippen molar-refractivity contribution in [3.05, 3.63) is 29.8 Å². The molecule has 3 nitrogen and oxygen atoms in total. The zero-order valence-corrected chi connectivity index (χ0v) is 12.0. The summed E-state index contributed by atoms with van der Waals surface area (Å²) in [7, 11) is 1.83. The number of nitrogens with zero attached hydrogens (tertiary/aromatic N) is 1. The van der Waals surface area contributed by atoms with Gasteiger partial charge < -0.3 is 9.64 Å². The second-order valence-electron chi connectivity index (χ2n) is 5.45. The molecule has 0 saturated carbocycles. The van der Waals surface area contributed by atoms with Gasteiger partial charge in [-0.25, -0.2) is 0 Å². The summed E-state index contributed by atoms with van der Waals surface area (Å²) in [5, 5.41) is 0. The maximum atomic E-state index is 12.1. The quantitative estimate of drug-likeness (QED) is 0.820. The van der Waals surface area contributed by atoms with Crippen LogP contribution in [0.25, 0.3) is 0 Å². The minimum absolute atomic E-state index is 0.133. The Kier molecular flexibility index (Phi) is 4.76. The summed E-state index contributed by atoms with van der Waals surface area (Å²) in [4.78, 5) is 13.9. The summed E-state index contributed by atoms with van der Waals surface area (Å²) in [6, 6.07) is 7.85. The average Bonchev–Trinajstić information content (AvgIpc) is 2.29. The van der Waals surface area contributed by atoms with E-state index in [1.54, 1.807) is 4.90 Å². The van der Waals surface area contributed by atoms with Crippen LogP contribution in [0.2, 0.25) is 0 Å². The van der Waals surface area contributed by atoms with Gasteiger partial charge in [0.2, 0.25) is 5.91 Å².